The Morgan fingerprint density at radius 3 is 2.48 bits per heavy atom. The second kappa shape index (κ2) is 5.66. The van der Waals surface area contributed by atoms with Crippen molar-refractivity contribution in [3.05, 3.63) is 17.6 Å². The van der Waals surface area contributed by atoms with E-state index in [0.29, 0.717) is 5.82 Å². The molecule has 1 aliphatic rings. The average Bonchev–Trinajstić information content (AvgIpc) is 2.74. The van der Waals surface area contributed by atoms with Gasteiger partial charge in [-0.15, -0.1) is 0 Å². The van der Waals surface area contributed by atoms with E-state index >= 15 is 0 Å². The number of aryl methyl sites for hydroxylation is 1. The molecule has 3 rings (SSSR count). The van der Waals surface area contributed by atoms with Gasteiger partial charge in [-0.1, -0.05) is 26.2 Å². The van der Waals surface area contributed by atoms with Crippen molar-refractivity contribution >= 4 is 16.9 Å². The fourth-order valence-electron chi connectivity index (χ4n) is 3.80. The van der Waals surface area contributed by atoms with Crippen molar-refractivity contribution in [3.63, 3.8) is 0 Å². The molecule has 0 aliphatic heterocycles. The Bertz CT molecular complexity index is 636. The summed E-state index contributed by atoms with van der Waals surface area (Å²) in [7, 11) is 0. The highest BCUT2D eigenvalue weighted by molar-refractivity contribution is 5.90. The van der Waals surface area contributed by atoms with Crippen LogP contribution in [0.4, 0.5) is 5.82 Å². The molecular formula is C17H26N4. The Morgan fingerprint density at radius 2 is 1.81 bits per heavy atom. The molecule has 2 N–H and O–H groups in total. The van der Waals surface area contributed by atoms with Crippen LogP contribution in [0, 0.1) is 25.7 Å². The Morgan fingerprint density at radius 1 is 1.14 bits per heavy atom. The highest BCUT2D eigenvalue weighted by Gasteiger charge is 2.23. The predicted molar refractivity (Wildman–Crippen MR) is 87.2 cm³/mol. The molecule has 21 heavy (non-hydrogen) atoms. The van der Waals surface area contributed by atoms with Gasteiger partial charge in [0.25, 0.3) is 0 Å². The number of hydrogen-bond donors (Lipinski definition) is 1. The van der Waals surface area contributed by atoms with E-state index in [0.717, 1.165) is 29.4 Å². The van der Waals surface area contributed by atoms with E-state index in [2.05, 4.69) is 35.3 Å². The van der Waals surface area contributed by atoms with Crippen LogP contribution in [0.25, 0.3) is 11.0 Å². The fourth-order valence-corrected chi connectivity index (χ4v) is 3.80. The third-order valence-corrected chi connectivity index (χ3v) is 5.42. The molecule has 0 saturated heterocycles. The lowest BCUT2D eigenvalue weighted by molar-refractivity contribution is 0.248. The van der Waals surface area contributed by atoms with Gasteiger partial charge in [-0.05, 0) is 44.1 Å². The summed E-state index contributed by atoms with van der Waals surface area (Å²) in [6.07, 6.45) is 8.38. The number of nitrogen functional groups attached to an aromatic ring is 1. The number of fused-ring (bicyclic) bond motifs is 1. The minimum atomic E-state index is 0.606. The molecule has 0 spiro atoms. The van der Waals surface area contributed by atoms with Crippen LogP contribution in [-0.2, 0) is 6.54 Å². The summed E-state index contributed by atoms with van der Waals surface area (Å²) in [6.45, 7) is 7.69. The number of rotatable bonds is 3. The summed E-state index contributed by atoms with van der Waals surface area (Å²) in [5.41, 5.74) is 9.57. The first-order valence-corrected chi connectivity index (χ1v) is 8.17. The van der Waals surface area contributed by atoms with E-state index in [1.165, 1.54) is 43.4 Å². The molecule has 4 heteroatoms. The molecule has 1 saturated carbocycles. The van der Waals surface area contributed by atoms with Crippen LogP contribution in [0.3, 0.4) is 0 Å². The molecule has 2 heterocycles. The lowest BCUT2D eigenvalue weighted by atomic mass is 9.81. The summed E-state index contributed by atoms with van der Waals surface area (Å²) < 4.78 is 2.36. The van der Waals surface area contributed by atoms with Gasteiger partial charge in [-0.3, -0.25) is 0 Å². The summed E-state index contributed by atoms with van der Waals surface area (Å²) >= 11 is 0. The average molecular weight is 286 g/mol. The highest BCUT2D eigenvalue weighted by Crippen LogP contribution is 2.34. The summed E-state index contributed by atoms with van der Waals surface area (Å²) in [5, 5.41) is 1.04. The Kier molecular flexibility index (Phi) is 3.87. The topological polar surface area (TPSA) is 56.7 Å². The van der Waals surface area contributed by atoms with E-state index in [1.54, 1.807) is 6.33 Å². The van der Waals surface area contributed by atoms with Gasteiger partial charge in [0, 0.05) is 12.2 Å². The van der Waals surface area contributed by atoms with Crippen LogP contribution in [0.2, 0.25) is 0 Å². The Hall–Kier alpha value is -1.58. The largest absolute Gasteiger partial charge is 0.383 e. The smallest absolute Gasteiger partial charge is 0.145 e. The Balaban J connectivity index is 1.88. The van der Waals surface area contributed by atoms with Gasteiger partial charge in [0.2, 0.25) is 0 Å². The third kappa shape index (κ3) is 2.52. The maximum atomic E-state index is 6.04. The molecule has 1 fully saturated rings. The number of hydrogen-bond acceptors (Lipinski definition) is 3. The molecule has 0 amide bonds. The minimum absolute atomic E-state index is 0.606. The minimum Gasteiger partial charge on any atom is -0.383 e. The second-order valence-corrected chi connectivity index (χ2v) is 6.57. The zero-order valence-electron chi connectivity index (χ0n) is 13.4. The van der Waals surface area contributed by atoms with E-state index in [1.807, 2.05) is 0 Å². The van der Waals surface area contributed by atoms with Crippen molar-refractivity contribution in [2.24, 2.45) is 11.8 Å². The molecule has 0 aromatic carbocycles. The van der Waals surface area contributed by atoms with Crippen LogP contribution in [-0.4, -0.2) is 14.5 Å². The van der Waals surface area contributed by atoms with Crippen molar-refractivity contribution in [2.75, 3.05) is 5.73 Å². The van der Waals surface area contributed by atoms with Crippen molar-refractivity contribution in [3.8, 4) is 0 Å². The molecule has 0 unspecified atom stereocenters. The first-order chi connectivity index (χ1) is 10.1. The van der Waals surface area contributed by atoms with E-state index < -0.39 is 0 Å². The molecule has 0 atom stereocenters. The van der Waals surface area contributed by atoms with Gasteiger partial charge in [0.1, 0.15) is 17.8 Å². The second-order valence-electron chi connectivity index (χ2n) is 6.57. The van der Waals surface area contributed by atoms with Crippen molar-refractivity contribution in [2.45, 2.75) is 59.4 Å². The van der Waals surface area contributed by atoms with Crippen LogP contribution in [0.5, 0.6) is 0 Å². The maximum absolute atomic E-state index is 6.04. The van der Waals surface area contributed by atoms with Gasteiger partial charge < -0.3 is 10.3 Å². The molecule has 1 aliphatic carbocycles. The summed E-state index contributed by atoms with van der Waals surface area (Å²) in [6, 6.07) is 0. The van der Waals surface area contributed by atoms with Crippen molar-refractivity contribution in [1.29, 1.82) is 0 Å². The van der Waals surface area contributed by atoms with Crippen molar-refractivity contribution in [1.82, 2.24) is 14.5 Å². The predicted octanol–water partition coefficient (Wildman–Crippen LogP) is 3.85. The first kappa shape index (κ1) is 14.4. The van der Waals surface area contributed by atoms with Crippen molar-refractivity contribution < 1.29 is 0 Å². The van der Waals surface area contributed by atoms with Gasteiger partial charge in [0.15, 0.2) is 0 Å². The lowest BCUT2D eigenvalue weighted by Gasteiger charge is -2.28. The summed E-state index contributed by atoms with van der Waals surface area (Å²) in [5.74, 6) is 2.33. The van der Waals surface area contributed by atoms with Crippen LogP contribution in [0.15, 0.2) is 6.33 Å². The SMILES string of the molecule is CCC1CCC(Cn2c(C)c(C)c3c(N)ncnc32)CC1. The lowest BCUT2D eigenvalue weighted by Crippen LogP contribution is -2.19. The number of aromatic nitrogens is 3. The standard InChI is InChI=1S/C17H26N4/c1-4-13-5-7-14(8-6-13)9-21-12(3)11(2)15-16(18)19-10-20-17(15)21/h10,13-14H,4-9H2,1-3H3,(H2,18,19,20). The monoisotopic (exact) mass is 286 g/mol. The van der Waals surface area contributed by atoms with E-state index in [9.17, 15) is 0 Å². The third-order valence-electron chi connectivity index (χ3n) is 5.42. The molecular weight excluding hydrogens is 260 g/mol. The van der Waals surface area contributed by atoms with Gasteiger partial charge in [-0.2, -0.15) is 0 Å². The molecule has 114 valence electrons. The van der Waals surface area contributed by atoms with Gasteiger partial charge in [0.05, 0.1) is 5.39 Å². The van der Waals surface area contributed by atoms with Crippen LogP contribution in [0.1, 0.15) is 50.3 Å². The number of anilines is 1. The van der Waals surface area contributed by atoms with Crippen LogP contribution >= 0.6 is 0 Å². The van der Waals surface area contributed by atoms with Crippen LogP contribution < -0.4 is 5.73 Å². The zero-order chi connectivity index (χ0) is 15.0. The number of nitrogens with zero attached hydrogens (tertiary/aromatic N) is 3. The molecule has 0 radical (unpaired) electrons. The first-order valence-electron chi connectivity index (χ1n) is 8.17. The summed E-state index contributed by atoms with van der Waals surface area (Å²) in [4.78, 5) is 8.64. The maximum Gasteiger partial charge on any atom is 0.145 e. The molecule has 2 aromatic heterocycles. The van der Waals surface area contributed by atoms with E-state index in [4.69, 9.17) is 5.73 Å². The fraction of sp³-hybridized carbons (Fsp3) is 0.647. The zero-order valence-corrected chi connectivity index (χ0v) is 13.4. The molecule has 2 aromatic rings. The molecule has 0 bridgehead atoms. The van der Waals surface area contributed by atoms with E-state index in [-0.39, 0.29) is 0 Å². The molecule has 4 nitrogen and oxygen atoms in total. The number of nitrogens with two attached hydrogens (primary N) is 1. The quantitative estimate of drug-likeness (QED) is 0.932. The highest BCUT2D eigenvalue weighted by atomic mass is 15.1. The Labute approximate surface area is 126 Å². The van der Waals surface area contributed by atoms with Gasteiger partial charge >= 0.3 is 0 Å². The van der Waals surface area contributed by atoms with Gasteiger partial charge in [-0.25, -0.2) is 9.97 Å². The normalized spacial score (nSPS) is 22.8.